The summed E-state index contributed by atoms with van der Waals surface area (Å²) in [6.45, 7) is -6.48. The lowest BCUT2D eigenvalue weighted by atomic mass is 10.3. The maximum atomic E-state index is 12.0. The first-order chi connectivity index (χ1) is 8.20. The van der Waals surface area contributed by atoms with Gasteiger partial charge in [-0.15, -0.1) is 0 Å². The minimum Gasteiger partial charge on any atom is -0.435 e. The van der Waals surface area contributed by atoms with E-state index < -0.39 is 38.7 Å². The lowest BCUT2D eigenvalue weighted by Crippen LogP contribution is -2.07. The number of hydrogen-bond acceptors (Lipinski definition) is 4. The van der Waals surface area contributed by atoms with E-state index in [1.165, 1.54) is 0 Å². The van der Waals surface area contributed by atoms with E-state index >= 15 is 0 Å². The van der Waals surface area contributed by atoms with E-state index in [0.717, 1.165) is 12.1 Å². The van der Waals surface area contributed by atoms with Crippen LogP contribution in [0.1, 0.15) is 0 Å². The molecule has 0 atom stereocenters. The van der Waals surface area contributed by atoms with Crippen molar-refractivity contribution in [1.82, 2.24) is 0 Å². The Hall–Kier alpha value is -1.22. The number of ether oxygens (including phenoxy) is 2. The van der Waals surface area contributed by atoms with E-state index in [-0.39, 0.29) is 0 Å². The summed E-state index contributed by atoms with van der Waals surface area (Å²) in [5.74, 6) is -1.31. The highest BCUT2D eigenvalue weighted by Gasteiger charge is 2.21. The molecule has 18 heavy (non-hydrogen) atoms. The Labute approximate surface area is 103 Å². The van der Waals surface area contributed by atoms with Crippen LogP contribution in [-0.2, 0) is 9.05 Å². The second-order valence-corrected chi connectivity index (χ2v) is 5.34. The summed E-state index contributed by atoms with van der Waals surface area (Å²) in [5, 5.41) is 0. The summed E-state index contributed by atoms with van der Waals surface area (Å²) in [4.78, 5) is -0.886. The third kappa shape index (κ3) is 4.22. The van der Waals surface area contributed by atoms with Gasteiger partial charge in [-0.1, -0.05) is 0 Å². The van der Waals surface area contributed by atoms with Gasteiger partial charge in [-0.05, 0) is 12.1 Å². The first kappa shape index (κ1) is 14.8. The van der Waals surface area contributed by atoms with E-state index in [2.05, 4.69) is 9.47 Å². The second kappa shape index (κ2) is 5.61. The molecule has 102 valence electrons. The highest BCUT2D eigenvalue weighted by Crippen LogP contribution is 2.32. The molecule has 0 aliphatic heterocycles. The molecular weight excluding hydrogens is 304 g/mol. The fourth-order valence-electron chi connectivity index (χ4n) is 1.05. The van der Waals surface area contributed by atoms with Gasteiger partial charge in [-0.3, -0.25) is 0 Å². The summed E-state index contributed by atoms with van der Waals surface area (Å²) in [7, 11) is 0.512. The molecule has 0 aliphatic carbocycles. The summed E-state index contributed by atoms with van der Waals surface area (Å²) < 4.78 is 77.7. The number of halogens is 5. The molecule has 1 aromatic carbocycles. The van der Waals surface area contributed by atoms with Crippen LogP contribution in [0.25, 0.3) is 0 Å². The smallest absolute Gasteiger partial charge is 0.387 e. The largest absolute Gasteiger partial charge is 0.435 e. The predicted octanol–water partition coefficient (Wildman–Crippen LogP) is 2.82. The molecule has 0 fully saturated rings. The van der Waals surface area contributed by atoms with Crippen molar-refractivity contribution in [3.05, 3.63) is 18.2 Å². The number of benzene rings is 1. The van der Waals surface area contributed by atoms with Crippen LogP contribution in [0.5, 0.6) is 11.5 Å². The first-order valence-electron chi connectivity index (χ1n) is 4.18. The fraction of sp³-hybridized carbons (Fsp3) is 0.250. The normalized spacial score (nSPS) is 11.9. The van der Waals surface area contributed by atoms with Crippen molar-refractivity contribution < 1.29 is 35.5 Å². The first-order valence-corrected chi connectivity index (χ1v) is 6.49. The van der Waals surface area contributed by atoms with Gasteiger partial charge in [0.2, 0.25) is 0 Å². The van der Waals surface area contributed by atoms with Crippen molar-refractivity contribution in [2.45, 2.75) is 18.1 Å². The molecule has 0 aliphatic rings. The van der Waals surface area contributed by atoms with E-state index in [1.807, 2.05) is 0 Å². The lowest BCUT2D eigenvalue weighted by Gasteiger charge is -2.10. The molecule has 0 N–H and O–H groups in total. The maximum Gasteiger partial charge on any atom is 0.387 e. The van der Waals surface area contributed by atoms with Gasteiger partial charge < -0.3 is 9.47 Å². The minimum atomic E-state index is -4.45. The summed E-state index contributed by atoms with van der Waals surface area (Å²) in [6, 6.07) is 2.14. The molecule has 0 unspecified atom stereocenters. The van der Waals surface area contributed by atoms with E-state index in [4.69, 9.17) is 10.7 Å². The lowest BCUT2D eigenvalue weighted by molar-refractivity contribution is -0.0546. The Morgan fingerprint density at radius 2 is 1.61 bits per heavy atom. The van der Waals surface area contributed by atoms with E-state index in [1.54, 1.807) is 0 Å². The van der Waals surface area contributed by atoms with Crippen molar-refractivity contribution in [3.63, 3.8) is 0 Å². The molecule has 0 heterocycles. The second-order valence-electron chi connectivity index (χ2n) is 2.80. The molecular formula is C8H5ClF4O4S. The minimum absolute atomic E-state index is 0.550. The summed E-state index contributed by atoms with van der Waals surface area (Å²) in [5.41, 5.74) is 0. The van der Waals surface area contributed by atoms with Crippen LogP contribution >= 0.6 is 10.7 Å². The molecule has 10 heteroatoms. The van der Waals surface area contributed by atoms with E-state index in [9.17, 15) is 26.0 Å². The SMILES string of the molecule is O=S(=O)(Cl)c1cc(OC(F)F)ccc1OC(F)F. The van der Waals surface area contributed by atoms with Gasteiger partial charge in [0.05, 0.1) is 0 Å². The molecule has 0 radical (unpaired) electrons. The quantitative estimate of drug-likeness (QED) is 0.620. The van der Waals surface area contributed by atoms with Crippen molar-refractivity contribution in [3.8, 4) is 11.5 Å². The molecule has 1 rings (SSSR count). The zero-order valence-corrected chi connectivity index (χ0v) is 9.89. The van der Waals surface area contributed by atoms with Gasteiger partial charge in [0.15, 0.2) is 0 Å². The zero-order valence-electron chi connectivity index (χ0n) is 8.32. The van der Waals surface area contributed by atoms with E-state index in [0.29, 0.717) is 6.07 Å². The van der Waals surface area contributed by atoms with Crippen LogP contribution in [0.3, 0.4) is 0 Å². The highest BCUT2D eigenvalue weighted by molar-refractivity contribution is 8.13. The number of alkyl halides is 4. The average molecular weight is 309 g/mol. The molecule has 0 amide bonds. The van der Waals surface area contributed by atoms with Crippen LogP contribution in [0, 0.1) is 0 Å². The van der Waals surface area contributed by atoms with Crippen LogP contribution in [-0.4, -0.2) is 21.6 Å². The Bertz CT molecular complexity index is 520. The standard InChI is InChI=1S/C8H5ClF4O4S/c9-18(14,15)6-3-4(16-7(10)11)1-2-5(6)17-8(12)13/h1-3,7-8H. The monoisotopic (exact) mass is 308 g/mol. The highest BCUT2D eigenvalue weighted by atomic mass is 35.7. The van der Waals surface area contributed by atoms with Crippen LogP contribution in [0.4, 0.5) is 17.6 Å². The molecule has 0 saturated heterocycles. The Balaban J connectivity index is 3.21. The van der Waals surface area contributed by atoms with Crippen molar-refractivity contribution in [2.75, 3.05) is 0 Å². The van der Waals surface area contributed by atoms with Crippen molar-refractivity contribution in [2.24, 2.45) is 0 Å². The molecule has 0 aromatic heterocycles. The average Bonchev–Trinajstić information content (AvgIpc) is 2.17. The van der Waals surface area contributed by atoms with Gasteiger partial charge >= 0.3 is 13.2 Å². The van der Waals surface area contributed by atoms with Gasteiger partial charge in [0, 0.05) is 16.7 Å². The van der Waals surface area contributed by atoms with Crippen LogP contribution in [0.15, 0.2) is 23.1 Å². The van der Waals surface area contributed by atoms with Crippen molar-refractivity contribution >= 4 is 19.7 Å². The van der Waals surface area contributed by atoms with Crippen molar-refractivity contribution in [1.29, 1.82) is 0 Å². The van der Waals surface area contributed by atoms with Gasteiger partial charge in [0.25, 0.3) is 9.05 Å². The number of rotatable bonds is 5. The Morgan fingerprint density at radius 3 is 2.06 bits per heavy atom. The molecule has 0 spiro atoms. The van der Waals surface area contributed by atoms with Crippen LogP contribution in [0.2, 0.25) is 0 Å². The maximum absolute atomic E-state index is 12.0. The van der Waals surface area contributed by atoms with Gasteiger partial charge in [0.1, 0.15) is 16.4 Å². The third-order valence-corrected chi connectivity index (χ3v) is 2.96. The third-order valence-electron chi connectivity index (χ3n) is 1.62. The molecule has 4 nitrogen and oxygen atoms in total. The summed E-state index contributed by atoms with van der Waals surface area (Å²) >= 11 is 0. The van der Waals surface area contributed by atoms with Gasteiger partial charge in [-0.2, -0.15) is 17.6 Å². The van der Waals surface area contributed by atoms with Crippen LogP contribution < -0.4 is 9.47 Å². The van der Waals surface area contributed by atoms with Gasteiger partial charge in [-0.25, -0.2) is 8.42 Å². The zero-order chi connectivity index (χ0) is 13.9. The number of hydrogen-bond donors (Lipinski definition) is 0. The molecule has 1 aromatic rings. The fourth-order valence-corrected chi connectivity index (χ4v) is 2.02. The predicted molar refractivity (Wildman–Crippen MR) is 52.7 cm³/mol. The summed E-state index contributed by atoms with van der Waals surface area (Å²) in [6.07, 6.45) is 0. The topological polar surface area (TPSA) is 52.6 Å². The Kier molecular flexibility index (Phi) is 4.63. The molecule has 0 saturated carbocycles. The molecule has 0 bridgehead atoms. The Morgan fingerprint density at radius 1 is 1.06 bits per heavy atom.